The van der Waals surface area contributed by atoms with Crippen molar-refractivity contribution < 1.29 is 4.42 Å². The van der Waals surface area contributed by atoms with E-state index in [1.165, 1.54) is 0 Å². The molecule has 0 aliphatic carbocycles. The van der Waals surface area contributed by atoms with E-state index < -0.39 is 0 Å². The smallest absolute Gasteiger partial charge is 0.113 e. The molecule has 92 valence electrons. The molecule has 0 unspecified atom stereocenters. The quantitative estimate of drug-likeness (QED) is 0.578. The van der Waals surface area contributed by atoms with Crippen LogP contribution >= 0.6 is 23.1 Å². The Hall–Kier alpha value is -1.46. The minimum absolute atomic E-state index is 0.784. The van der Waals surface area contributed by atoms with Crippen LogP contribution in [0.15, 0.2) is 39.8 Å². The van der Waals surface area contributed by atoms with E-state index in [9.17, 15) is 0 Å². The van der Waals surface area contributed by atoms with Crippen molar-refractivity contribution in [2.75, 3.05) is 5.73 Å². The van der Waals surface area contributed by atoms with Crippen LogP contribution in [0.25, 0.3) is 10.2 Å². The van der Waals surface area contributed by atoms with Gasteiger partial charge in [-0.3, -0.25) is 0 Å². The number of hydrogen-bond donors (Lipinski definition) is 1. The van der Waals surface area contributed by atoms with Gasteiger partial charge in [0, 0.05) is 10.6 Å². The van der Waals surface area contributed by atoms with Crippen molar-refractivity contribution in [1.82, 2.24) is 4.98 Å². The van der Waals surface area contributed by atoms with E-state index in [1.54, 1.807) is 29.4 Å². The highest BCUT2D eigenvalue weighted by Crippen LogP contribution is 2.33. The first-order chi connectivity index (χ1) is 8.72. The van der Waals surface area contributed by atoms with Crippen molar-refractivity contribution in [2.24, 2.45) is 0 Å². The van der Waals surface area contributed by atoms with E-state index in [0.717, 1.165) is 37.3 Å². The summed E-state index contributed by atoms with van der Waals surface area (Å²) in [5.41, 5.74) is 7.89. The highest BCUT2D eigenvalue weighted by atomic mass is 32.2. The summed E-state index contributed by atoms with van der Waals surface area (Å²) in [6, 6.07) is 7.92. The molecule has 0 saturated carbocycles. The molecule has 0 bridgehead atoms. The number of rotatable bonds is 3. The molecule has 3 rings (SSSR count). The SMILES string of the molecule is Cc1nc2cc(SCc3ccco3)c(N)cc2s1. The third kappa shape index (κ3) is 2.23. The number of aromatic nitrogens is 1. The zero-order chi connectivity index (χ0) is 12.5. The number of hydrogen-bond acceptors (Lipinski definition) is 5. The number of benzene rings is 1. The van der Waals surface area contributed by atoms with Crippen molar-refractivity contribution in [1.29, 1.82) is 0 Å². The van der Waals surface area contributed by atoms with Crippen LogP contribution in [0.4, 0.5) is 5.69 Å². The molecule has 2 N–H and O–H groups in total. The van der Waals surface area contributed by atoms with Crippen LogP contribution in [0, 0.1) is 6.92 Å². The van der Waals surface area contributed by atoms with E-state index in [0.29, 0.717) is 0 Å². The van der Waals surface area contributed by atoms with Gasteiger partial charge in [0.25, 0.3) is 0 Å². The Balaban J connectivity index is 1.88. The largest absolute Gasteiger partial charge is 0.468 e. The topological polar surface area (TPSA) is 52.0 Å². The van der Waals surface area contributed by atoms with Crippen LogP contribution in [0.1, 0.15) is 10.8 Å². The van der Waals surface area contributed by atoms with Gasteiger partial charge in [-0.1, -0.05) is 0 Å². The van der Waals surface area contributed by atoms with E-state index in [1.807, 2.05) is 25.1 Å². The lowest BCUT2D eigenvalue weighted by Gasteiger charge is -2.04. The third-order valence-corrected chi connectivity index (χ3v) is 4.60. The van der Waals surface area contributed by atoms with Crippen molar-refractivity contribution in [3.05, 3.63) is 41.3 Å². The number of nitrogens with zero attached hydrogens (tertiary/aromatic N) is 1. The molecule has 0 atom stereocenters. The number of thiazole rings is 1. The Morgan fingerprint density at radius 3 is 3.11 bits per heavy atom. The highest BCUT2D eigenvalue weighted by Gasteiger charge is 2.07. The molecule has 3 nitrogen and oxygen atoms in total. The molecule has 0 saturated heterocycles. The number of nitrogens with two attached hydrogens (primary N) is 1. The summed E-state index contributed by atoms with van der Waals surface area (Å²) in [4.78, 5) is 5.55. The molecule has 18 heavy (non-hydrogen) atoms. The fraction of sp³-hybridized carbons (Fsp3) is 0.154. The molecule has 0 amide bonds. The predicted octanol–water partition coefficient (Wildman–Crippen LogP) is 4.07. The molecule has 0 radical (unpaired) electrons. The van der Waals surface area contributed by atoms with Crippen molar-refractivity contribution in [3.8, 4) is 0 Å². The first-order valence-electron chi connectivity index (χ1n) is 5.54. The van der Waals surface area contributed by atoms with Crippen LogP contribution in [-0.4, -0.2) is 4.98 Å². The van der Waals surface area contributed by atoms with E-state index in [-0.39, 0.29) is 0 Å². The Morgan fingerprint density at radius 2 is 2.33 bits per heavy atom. The Bertz CT molecular complexity index is 674. The Morgan fingerprint density at radius 1 is 1.44 bits per heavy atom. The summed E-state index contributed by atoms with van der Waals surface area (Å²) in [7, 11) is 0. The van der Waals surface area contributed by atoms with Gasteiger partial charge in [-0.2, -0.15) is 0 Å². The number of aryl methyl sites for hydroxylation is 1. The standard InChI is InChI=1S/C13H12N2OS2/c1-8-15-11-6-12(10(14)5-13(11)18-8)17-7-9-3-2-4-16-9/h2-6H,7,14H2,1H3. The molecular formula is C13H12N2OS2. The van der Waals surface area contributed by atoms with Gasteiger partial charge in [0.2, 0.25) is 0 Å². The van der Waals surface area contributed by atoms with Gasteiger partial charge in [-0.15, -0.1) is 23.1 Å². The molecule has 5 heteroatoms. The van der Waals surface area contributed by atoms with E-state index in [4.69, 9.17) is 10.2 Å². The summed E-state index contributed by atoms with van der Waals surface area (Å²) in [5, 5.41) is 1.07. The van der Waals surface area contributed by atoms with Crippen LogP contribution in [0.2, 0.25) is 0 Å². The van der Waals surface area contributed by atoms with Crippen molar-refractivity contribution in [3.63, 3.8) is 0 Å². The summed E-state index contributed by atoms with van der Waals surface area (Å²) in [6.07, 6.45) is 1.69. The van der Waals surface area contributed by atoms with Crippen LogP contribution < -0.4 is 5.73 Å². The highest BCUT2D eigenvalue weighted by molar-refractivity contribution is 7.98. The summed E-state index contributed by atoms with van der Waals surface area (Å²) in [6.45, 7) is 2.01. The van der Waals surface area contributed by atoms with Gasteiger partial charge >= 0.3 is 0 Å². The lowest BCUT2D eigenvalue weighted by atomic mass is 10.3. The van der Waals surface area contributed by atoms with Gasteiger partial charge in [0.05, 0.1) is 27.2 Å². The number of thioether (sulfide) groups is 1. The van der Waals surface area contributed by atoms with Crippen molar-refractivity contribution >= 4 is 39.0 Å². The maximum absolute atomic E-state index is 6.06. The maximum atomic E-state index is 6.06. The molecule has 2 aromatic heterocycles. The molecule has 0 spiro atoms. The molecule has 0 fully saturated rings. The second-order valence-electron chi connectivity index (χ2n) is 3.96. The predicted molar refractivity (Wildman–Crippen MR) is 77.0 cm³/mol. The average molecular weight is 276 g/mol. The lowest BCUT2D eigenvalue weighted by molar-refractivity contribution is 0.530. The fourth-order valence-electron chi connectivity index (χ4n) is 1.75. The number of anilines is 1. The molecule has 1 aromatic carbocycles. The number of furan rings is 1. The van der Waals surface area contributed by atoms with Crippen LogP contribution in [0.5, 0.6) is 0 Å². The Labute approximate surface area is 113 Å². The van der Waals surface area contributed by atoms with Crippen LogP contribution in [-0.2, 0) is 5.75 Å². The normalized spacial score (nSPS) is 11.2. The molecule has 3 aromatic rings. The summed E-state index contributed by atoms with van der Waals surface area (Å²) < 4.78 is 6.46. The Kier molecular flexibility index (Phi) is 3.01. The lowest BCUT2D eigenvalue weighted by Crippen LogP contribution is -1.88. The monoisotopic (exact) mass is 276 g/mol. The van der Waals surface area contributed by atoms with Gasteiger partial charge in [0.1, 0.15) is 5.76 Å². The zero-order valence-electron chi connectivity index (χ0n) is 9.84. The second-order valence-corrected chi connectivity index (χ2v) is 6.21. The van der Waals surface area contributed by atoms with Gasteiger partial charge in [-0.25, -0.2) is 4.98 Å². The first-order valence-corrected chi connectivity index (χ1v) is 7.34. The average Bonchev–Trinajstić information content (AvgIpc) is 2.94. The minimum atomic E-state index is 0.784. The molecule has 0 aliphatic rings. The van der Waals surface area contributed by atoms with Gasteiger partial charge in [-0.05, 0) is 31.2 Å². The van der Waals surface area contributed by atoms with Crippen LogP contribution in [0.3, 0.4) is 0 Å². The number of fused-ring (bicyclic) bond motifs is 1. The maximum Gasteiger partial charge on any atom is 0.113 e. The van der Waals surface area contributed by atoms with E-state index >= 15 is 0 Å². The summed E-state index contributed by atoms with van der Waals surface area (Å²) >= 11 is 3.35. The summed E-state index contributed by atoms with van der Waals surface area (Å²) in [5.74, 6) is 1.74. The minimum Gasteiger partial charge on any atom is -0.468 e. The fourth-order valence-corrected chi connectivity index (χ4v) is 3.49. The second kappa shape index (κ2) is 4.66. The van der Waals surface area contributed by atoms with Gasteiger partial charge < -0.3 is 10.2 Å². The zero-order valence-corrected chi connectivity index (χ0v) is 11.5. The van der Waals surface area contributed by atoms with Crippen molar-refractivity contribution in [2.45, 2.75) is 17.6 Å². The first kappa shape index (κ1) is 11.6. The molecule has 0 aliphatic heterocycles. The number of nitrogen functional groups attached to an aromatic ring is 1. The third-order valence-electron chi connectivity index (χ3n) is 2.58. The van der Waals surface area contributed by atoms with E-state index in [2.05, 4.69) is 11.1 Å². The van der Waals surface area contributed by atoms with Gasteiger partial charge in [0.15, 0.2) is 0 Å². The molecular weight excluding hydrogens is 264 g/mol. The molecule has 2 heterocycles.